The number of pyridine rings is 1. The summed E-state index contributed by atoms with van der Waals surface area (Å²) >= 11 is 0. The molecule has 0 saturated heterocycles. The summed E-state index contributed by atoms with van der Waals surface area (Å²) in [5, 5.41) is 17.4. The molecular weight excluding hydrogens is 353 g/mol. The van der Waals surface area contributed by atoms with Gasteiger partial charge in [-0.1, -0.05) is 13.3 Å². The highest BCUT2D eigenvalue weighted by Gasteiger charge is 2.42. The Hall–Kier alpha value is -1.92. The zero-order chi connectivity index (χ0) is 18.1. The Labute approximate surface area is 135 Å². The van der Waals surface area contributed by atoms with E-state index in [-0.39, 0.29) is 17.5 Å². The van der Waals surface area contributed by atoms with Crippen LogP contribution in [0.2, 0.25) is 0 Å². The van der Waals surface area contributed by atoms with E-state index in [1.807, 2.05) is 0 Å². The molecule has 0 bridgehead atoms. The number of hydrazone groups is 1. The van der Waals surface area contributed by atoms with Crippen LogP contribution in [-0.4, -0.2) is 31.1 Å². The van der Waals surface area contributed by atoms with Crippen molar-refractivity contribution in [2.24, 2.45) is 10.2 Å². The number of nitrogens with zero attached hydrogens (tertiary/aromatic N) is 2. The number of aliphatic hydroxyl groups excluding tert-OH is 1. The zero-order valence-electron chi connectivity index (χ0n) is 12.4. The van der Waals surface area contributed by atoms with Gasteiger partial charge in [0.2, 0.25) is 6.23 Å². The van der Waals surface area contributed by atoms with Gasteiger partial charge in [0.05, 0.1) is 5.69 Å². The fourth-order valence-electron chi connectivity index (χ4n) is 2.23. The number of nitrogens with two attached hydrogens (primary N) is 1. The van der Waals surface area contributed by atoms with Crippen LogP contribution in [0.5, 0.6) is 0 Å². The Morgan fingerprint density at radius 2 is 2.17 bits per heavy atom. The van der Waals surface area contributed by atoms with Gasteiger partial charge in [0, 0.05) is 5.56 Å². The molecule has 8 nitrogen and oxygen atoms in total. The maximum atomic E-state index is 12.8. The van der Waals surface area contributed by atoms with Gasteiger partial charge in [0.25, 0.3) is 10.0 Å². The maximum Gasteiger partial charge on any atom is 0.420 e. The van der Waals surface area contributed by atoms with E-state index in [1.165, 1.54) is 0 Å². The summed E-state index contributed by atoms with van der Waals surface area (Å²) in [6.07, 6.45) is -7.31. The van der Waals surface area contributed by atoms with Gasteiger partial charge in [-0.15, -0.1) is 5.10 Å². The molecule has 2 unspecified atom stereocenters. The molecule has 1 aromatic rings. The predicted molar refractivity (Wildman–Crippen MR) is 76.1 cm³/mol. The number of alkyl halides is 3. The van der Waals surface area contributed by atoms with Crippen LogP contribution in [0.4, 0.5) is 13.2 Å². The van der Waals surface area contributed by atoms with Gasteiger partial charge < -0.3 is 9.84 Å². The standard InChI is InChI=1S/C12H15F3N4O4S/c1-2-3-6-7(10-19-17-5-23-10)4-8(9(20)12(13,14)15)18-11(6)24(16,21)22/h4-5,9-10,19-20H,2-3H2,1H3,(H2,16,21,22). The quantitative estimate of drug-likeness (QED) is 0.707. The minimum atomic E-state index is -5.02. The van der Waals surface area contributed by atoms with Crippen LogP contribution in [0.3, 0.4) is 0 Å². The monoisotopic (exact) mass is 368 g/mol. The second-order valence-corrected chi connectivity index (χ2v) is 6.52. The van der Waals surface area contributed by atoms with Crippen LogP contribution in [0.1, 0.15) is 42.5 Å². The molecule has 12 heteroatoms. The van der Waals surface area contributed by atoms with Crippen LogP contribution in [-0.2, 0) is 21.2 Å². The fourth-order valence-corrected chi connectivity index (χ4v) is 3.02. The smallest absolute Gasteiger partial charge is 0.420 e. The third-order valence-corrected chi connectivity index (χ3v) is 4.10. The topological polar surface area (TPSA) is 127 Å². The molecule has 0 saturated carbocycles. The van der Waals surface area contributed by atoms with E-state index in [0.29, 0.717) is 6.42 Å². The molecule has 4 N–H and O–H groups in total. The van der Waals surface area contributed by atoms with E-state index < -0.39 is 39.3 Å². The molecule has 0 spiro atoms. The lowest BCUT2D eigenvalue weighted by Gasteiger charge is -2.21. The van der Waals surface area contributed by atoms with E-state index in [4.69, 9.17) is 9.88 Å². The number of primary sulfonamides is 1. The van der Waals surface area contributed by atoms with Crippen molar-refractivity contribution in [3.8, 4) is 0 Å². The van der Waals surface area contributed by atoms with Crippen molar-refractivity contribution < 1.29 is 31.4 Å². The molecule has 1 aromatic heterocycles. The first-order chi connectivity index (χ1) is 11.1. The lowest BCUT2D eigenvalue weighted by molar-refractivity contribution is -0.208. The van der Waals surface area contributed by atoms with Crippen molar-refractivity contribution in [3.63, 3.8) is 0 Å². The van der Waals surface area contributed by atoms with E-state index in [0.717, 1.165) is 12.5 Å². The second kappa shape index (κ2) is 6.53. The van der Waals surface area contributed by atoms with Gasteiger partial charge in [-0.25, -0.2) is 18.5 Å². The van der Waals surface area contributed by atoms with Crippen molar-refractivity contribution >= 4 is 16.4 Å². The molecule has 2 atom stereocenters. The number of hydrogen-bond donors (Lipinski definition) is 3. The Morgan fingerprint density at radius 1 is 1.50 bits per heavy atom. The van der Waals surface area contributed by atoms with Crippen molar-refractivity contribution in [1.29, 1.82) is 0 Å². The van der Waals surface area contributed by atoms with Gasteiger partial charge in [0.15, 0.2) is 17.5 Å². The number of nitrogens with one attached hydrogen (secondary N) is 1. The minimum Gasteiger partial charge on any atom is -0.453 e. The van der Waals surface area contributed by atoms with Gasteiger partial charge in [-0.2, -0.15) is 13.2 Å². The first kappa shape index (κ1) is 18.4. The minimum absolute atomic E-state index is 0.0617. The second-order valence-electron chi connectivity index (χ2n) is 5.04. The highest BCUT2D eigenvalue weighted by atomic mass is 32.2. The summed E-state index contributed by atoms with van der Waals surface area (Å²) in [6, 6.07) is 0.935. The average molecular weight is 368 g/mol. The Kier molecular flexibility index (Phi) is 5.01. The third kappa shape index (κ3) is 3.76. The average Bonchev–Trinajstić information content (AvgIpc) is 2.98. The molecule has 0 amide bonds. The number of sulfonamides is 1. The zero-order valence-corrected chi connectivity index (χ0v) is 13.2. The number of aromatic nitrogens is 1. The van der Waals surface area contributed by atoms with Crippen molar-refractivity contribution in [2.75, 3.05) is 0 Å². The normalized spacial score (nSPS) is 19.0. The highest BCUT2D eigenvalue weighted by Crippen LogP contribution is 2.35. The Morgan fingerprint density at radius 3 is 2.62 bits per heavy atom. The summed E-state index contributed by atoms with van der Waals surface area (Å²) in [6.45, 7) is 1.74. The van der Waals surface area contributed by atoms with Crippen molar-refractivity contribution in [2.45, 2.75) is 43.3 Å². The SMILES string of the molecule is CCCc1c(C2NN=CO2)cc(C(O)C(F)(F)F)nc1S(N)(=O)=O. The highest BCUT2D eigenvalue weighted by molar-refractivity contribution is 7.89. The first-order valence-corrected chi connectivity index (χ1v) is 8.34. The fraction of sp³-hybridized carbons (Fsp3) is 0.500. The molecule has 24 heavy (non-hydrogen) atoms. The maximum absolute atomic E-state index is 12.8. The first-order valence-electron chi connectivity index (χ1n) is 6.79. The predicted octanol–water partition coefficient (Wildman–Crippen LogP) is 0.839. The molecule has 2 heterocycles. The molecule has 0 aromatic carbocycles. The van der Waals surface area contributed by atoms with Gasteiger partial charge in [-0.05, 0) is 18.1 Å². The number of ether oxygens (including phenoxy) is 1. The molecule has 0 fully saturated rings. The molecule has 0 radical (unpaired) electrons. The molecule has 1 aliphatic heterocycles. The number of halogens is 3. The summed E-state index contributed by atoms with van der Waals surface area (Å²) in [7, 11) is -4.42. The van der Waals surface area contributed by atoms with E-state index in [1.54, 1.807) is 6.92 Å². The van der Waals surface area contributed by atoms with E-state index in [9.17, 15) is 26.7 Å². The Bertz CT molecular complexity index is 743. The van der Waals surface area contributed by atoms with Crippen LogP contribution in [0.25, 0.3) is 0 Å². The lowest BCUT2D eigenvalue weighted by atomic mass is 10.0. The van der Waals surface area contributed by atoms with Crippen LogP contribution in [0.15, 0.2) is 16.2 Å². The molecule has 0 aliphatic carbocycles. The summed E-state index contributed by atoms with van der Waals surface area (Å²) in [4.78, 5) is 3.45. The van der Waals surface area contributed by atoms with E-state index >= 15 is 0 Å². The summed E-state index contributed by atoms with van der Waals surface area (Å²) in [5.74, 6) is 0. The number of rotatable bonds is 5. The van der Waals surface area contributed by atoms with Gasteiger partial charge in [0.1, 0.15) is 0 Å². The van der Waals surface area contributed by atoms with Crippen LogP contribution >= 0.6 is 0 Å². The lowest BCUT2D eigenvalue weighted by Crippen LogP contribution is -2.26. The largest absolute Gasteiger partial charge is 0.453 e. The van der Waals surface area contributed by atoms with Gasteiger partial charge in [-0.3, -0.25) is 5.43 Å². The number of aliphatic hydroxyl groups is 1. The number of hydrogen-bond acceptors (Lipinski definition) is 7. The summed E-state index contributed by atoms with van der Waals surface area (Å²) in [5.41, 5.74) is 1.76. The van der Waals surface area contributed by atoms with Crippen molar-refractivity contribution in [3.05, 3.63) is 22.9 Å². The van der Waals surface area contributed by atoms with Gasteiger partial charge >= 0.3 is 6.18 Å². The molecule has 134 valence electrons. The molecule has 2 rings (SSSR count). The Balaban J connectivity index is 2.69. The third-order valence-electron chi connectivity index (χ3n) is 3.22. The molecule has 1 aliphatic rings. The van der Waals surface area contributed by atoms with Crippen LogP contribution < -0.4 is 10.6 Å². The van der Waals surface area contributed by atoms with E-state index in [2.05, 4.69) is 15.5 Å². The molecular formula is C12H15F3N4O4S. The van der Waals surface area contributed by atoms with Crippen molar-refractivity contribution in [1.82, 2.24) is 10.4 Å². The summed E-state index contributed by atoms with van der Waals surface area (Å²) < 4.78 is 67.0. The van der Waals surface area contributed by atoms with Crippen LogP contribution in [0, 0.1) is 0 Å².